The van der Waals surface area contributed by atoms with Crippen LogP contribution < -0.4 is 16.8 Å². The van der Waals surface area contributed by atoms with Crippen molar-refractivity contribution in [3.63, 3.8) is 0 Å². The fraction of sp³-hybridized carbons (Fsp3) is 0.476. The van der Waals surface area contributed by atoms with Crippen molar-refractivity contribution in [1.82, 2.24) is 20.0 Å². The van der Waals surface area contributed by atoms with Gasteiger partial charge in [0.2, 0.25) is 0 Å². The number of hydrogen-bond acceptors (Lipinski definition) is 6. The number of nitrogens with two attached hydrogens (primary N) is 2. The van der Waals surface area contributed by atoms with Gasteiger partial charge < -0.3 is 21.5 Å². The van der Waals surface area contributed by atoms with Crippen molar-refractivity contribution in [2.75, 3.05) is 51.7 Å². The lowest BCUT2D eigenvalue weighted by molar-refractivity contribution is 0.0376. The Bertz CT molecular complexity index is 865. The van der Waals surface area contributed by atoms with Crippen LogP contribution in [0.3, 0.4) is 0 Å². The number of nitriles is 1. The highest BCUT2D eigenvalue weighted by Gasteiger charge is 2.16. The minimum Gasteiger partial charge on any atom is -0.382 e. The number of morpholine rings is 1. The summed E-state index contributed by atoms with van der Waals surface area (Å²) in [6, 6.07) is 11.7. The summed E-state index contributed by atoms with van der Waals surface area (Å²) >= 11 is 0. The van der Waals surface area contributed by atoms with Crippen LogP contribution in [0.4, 0.5) is 5.82 Å². The Morgan fingerprint density at radius 1 is 1.23 bits per heavy atom. The number of guanidine groups is 1. The SMILES string of the molecule is N#Cc1c(CCCN=C(N)NCCCN2CCOCC2)nn(-c2ccccc2)c1N. The molecular formula is C21H30N8O. The lowest BCUT2D eigenvalue weighted by Crippen LogP contribution is -2.39. The van der Waals surface area contributed by atoms with E-state index in [1.807, 2.05) is 30.3 Å². The van der Waals surface area contributed by atoms with Crippen LogP contribution >= 0.6 is 0 Å². The predicted molar refractivity (Wildman–Crippen MR) is 117 cm³/mol. The van der Waals surface area contributed by atoms with Crippen LogP contribution in [0.1, 0.15) is 24.1 Å². The molecule has 0 atom stereocenters. The summed E-state index contributed by atoms with van der Waals surface area (Å²) in [7, 11) is 0. The lowest BCUT2D eigenvalue weighted by Gasteiger charge is -2.26. The van der Waals surface area contributed by atoms with Crippen molar-refractivity contribution in [2.24, 2.45) is 10.7 Å². The Labute approximate surface area is 177 Å². The van der Waals surface area contributed by atoms with Crippen LogP contribution in [-0.2, 0) is 11.2 Å². The fourth-order valence-electron chi connectivity index (χ4n) is 3.39. The van der Waals surface area contributed by atoms with E-state index in [0.29, 0.717) is 36.0 Å². The molecule has 2 heterocycles. The van der Waals surface area contributed by atoms with E-state index in [1.165, 1.54) is 0 Å². The molecule has 1 fully saturated rings. The number of nitrogens with zero attached hydrogens (tertiary/aromatic N) is 5. The van der Waals surface area contributed by atoms with Gasteiger partial charge in [-0.05, 0) is 37.9 Å². The molecule has 5 N–H and O–H groups in total. The van der Waals surface area contributed by atoms with E-state index in [0.717, 1.165) is 57.9 Å². The van der Waals surface area contributed by atoms with Crippen LogP contribution in [0.15, 0.2) is 35.3 Å². The number of hydrogen-bond donors (Lipinski definition) is 3. The van der Waals surface area contributed by atoms with Crippen LogP contribution in [-0.4, -0.2) is 66.6 Å². The van der Waals surface area contributed by atoms with Crippen molar-refractivity contribution in [1.29, 1.82) is 5.26 Å². The molecule has 0 bridgehead atoms. The van der Waals surface area contributed by atoms with E-state index in [9.17, 15) is 5.26 Å². The minimum absolute atomic E-state index is 0.364. The van der Waals surface area contributed by atoms with Crippen LogP contribution in [0.2, 0.25) is 0 Å². The molecule has 9 nitrogen and oxygen atoms in total. The molecule has 0 saturated carbocycles. The molecule has 1 aliphatic rings. The highest BCUT2D eigenvalue weighted by atomic mass is 16.5. The summed E-state index contributed by atoms with van der Waals surface area (Å²) < 4.78 is 6.96. The average molecular weight is 411 g/mol. The second-order valence-electron chi connectivity index (χ2n) is 7.17. The molecule has 0 aliphatic carbocycles. The molecule has 0 radical (unpaired) electrons. The summed E-state index contributed by atoms with van der Waals surface area (Å²) in [6.07, 6.45) is 2.36. The van der Waals surface area contributed by atoms with Crippen LogP contribution in [0, 0.1) is 11.3 Å². The molecule has 1 aromatic heterocycles. The summed E-state index contributed by atoms with van der Waals surface area (Å²) in [5.74, 6) is 0.815. The van der Waals surface area contributed by atoms with Gasteiger partial charge in [0.25, 0.3) is 0 Å². The molecular weight excluding hydrogens is 380 g/mol. The van der Waals surface area contributed by atoms with Crippen LogP contribution in [0.25, 0.3) is 5.69 Å². The van der Waals surface area contributed by atoms with Gasteiger partial charge >= 0.3 is 0 Å². The van der Waals surface area contributed by atoms with Gasteiger partial charge in [0.1, 0.15) is 17.5 Å². The number of nitrogen functional groups attached to an aromatic ring is 1. The Kier molecular flexibility index (Phi) is 8.06. The van der Waals surface area contributed by atoms with Gasteiger partial charge in [-0.2, -0.15) is 10.4 Å². The zero-order valence-electron chi connectivity index (χ0n) is 17.3. The van der Waals surface area contributed by atoms with Crippen molar-refractivity contribution < 1.29 is 4.74 Å². The van der Waals surface area contributed by atoms with Gasteiger partial charge in [-0.1, -0.05) is 18.2 Å². The second kappa shape index (κ2) is 11.2. The lowest BCUT2D eigenvalue weighted by atomic mass is 10.1. The standard InChI is InChI=1S/C21H30N8O/c22-16-18-19(27-29(20(18)23)17-6-2-1-3-7-17)8-4-9-25-21(24)26-10-5-11-28-12-14-30-15-13-28/h1-3,6-7H,4-5,8-15,23H2,(H3,24,25,26). The van der Waals surface area contributed by atoms with Gasteiger partial charge in [-0.25, -0.2) is 4.68 Å². The molecule has 160 valence electrons. The highest BCUT2D eigenvalue weighted by molar-refractivity contribution is 5.77. The first-order valence-electron chi connectivity index (χ1n) is 10.4. The quantitative estimate of drug-likeness (QED) is 0.318. The van der Waals surface area contributed by atoms with Crippen LogP contribution in [0.5, 0.6) is 0 Å². The maximum atomic E-state index is 9.47. The van der Waals surface area contributed by atoms with Gasteiger partial charge in [0.05, 0.1) is 24.6 Å². The Morgan fingerprint density at radius 3 is 2.73 bits per heavy atom. The monoisotopic (exact) mass is 410 g/mol. The maximum absolute atomic E-state index is 9.47. The molecule has 2 aromatic rings. The highest BCUT2D eigenvalue weighted by Crippen LogP contribution is 2.21. The Hall–Kier alpha value is -3.09. The zero-order chi connectivity index (χ0) is 21.2. The molecule has 0 spiro atoms. The molecule has 30 heavy (non-hydrogen) atoms. The van der Waals surface area contributed by atoms with Crippen molar-refractivity contribution in [2.45, 2.75) is 19.3 Å². The molecule has 9 heteroatoms. The first-order chi connectivity index (χ1) is 14.7. The third-order valence-electron chi connectivity index (χ3n) is 5.02. The Balaban J connectivity index is 1.42. The number of nitrogens with one attached hydrogen (secondary N) is 1. The average Bonchev–Trinajstić information content (AvgIpc) is 3.11. The van der Waals surface area contributed by atoms with Gasteiger partial charge in [0.15, 0.2) is 5.96 Å². The van der Waals surface area contributed by atoms with Gasteiger partial charge in [0, 0.05) is 26.2 Å². The first-order valence-corrected chi connectivity index (χ1v) is 10.4. The van der Waals surface area contributed by atoms with Gasteiger partial charge in [-0.3, -0.25) is 9.89 Å². The zero-order valence-corrected chi connectivity index (χ0v) is 17.3. The molecule has 0 unspecified atom stereocenters. The molecule has 1 aromatic carbocycles. The number of aliphatic imine (C=N–C) groups is 1. The molecule has 1 aliphatic heterocycles. The summed E-state index contributed by atoms with van der Waals surface area (Å²) in [4.78, 5) is 6.76. The number of aryl methyl sites for hydroxylation is 1. The largest absolute Gasteiger partial charge is 0.382 e. The minimum atomic E-state index is 0.364. The number of anilines is 1. The molecule has 1 saturated heterocycles. The van der Waals surface area contributed by atoms with E-state index in [4.69, 9.17) is 16.2 Å². The fourth-order valence-corrected chi connectivity index (χ4v) is 3.39. The van der Waals surface area contributed by atoms with Crippen molar-refractivity contribution in [3.8, 4) is 11.8 Å². The molecule has 3 rings (SSSR count). The summed E-state index contributed by atoms with van der Waals surface area (Å²) in [6.45, 7) is 6.03. The van der Waals surface area contributed by atoms with E-state index in [2.05, 4.69) is 26.4 Å². The van der Waals surface area contributed by atoms with Gasteiger partial charge in [-0.15, -0.1) is 0 Å². The normalized spacial score (nSPS) is 15.1. The maximum Gasteiger partial charge on any atom is 0.188 e. The number of aromatic nitrogens is 2. The summed E-state index contributed by atoms with van der Waals surface area (Å²) in [5.41, 5.74) is 14.0. The predicted octanol–water partition coefficient (Wildman–Crippen LogP) is 0.885. The second-order valence-corrected chi connectivity index (χ2v) is 7.17. The van der Waals surface area contributed by atoms with E-state index >= 15 is 0 Å². The van der Waals surface area contributed by atoms with E-state index in [1.54, 1.807) is 4.68 Å². The van der Waals surface area contributed by atoms with Crippen molar-refractivity contribution in [3.05, 3.63) is 41.6 Å². The third-order valence-corrected chi connectivity index (χ3v) is 5.02. The Morgan fingerprint density at radius 2 is 2.00 bits per heavy atom. The molecule has 0 amide bonds. The smallest absolute Gasteiger partial charge is 0.188 e. The number of rotatable bonds is 9. The topological polar surface area (TPSA) is 131 Å². The number of ether oxygens (including phenoxy) is 1. The van der Waals surface area contributed by atoms with E-state index in [-0.39, 0.29) is 0 Å². The van der Waals surface area contributed by atoms with Crippen molar-refractivity contribution >= 4 is 11.8 Å². The number of benzene rings is 1. The first kappa shape index (κ1) is 21.6. The summed E-state index contributed by atoms with van der Waals surface area (Å²) in [5, 5.41) is 17.2. The number of para-hydroxylation sites is 1. The third kappa shape index (κ3) is 5.95. The van der Waals surface area contributed by atoms with E-state index < -0.39 is 0 Å².